The van der Waals surface area contributed by atoms with Crippen molar-refractivity contribution in [2.45, 2.75) is 13.0 Å². The number of rotatable bonds is 3. The zero-order valence-electron chi connectivity index (χ0n) is 9.74. The fraction of sp³-hybridized carbons (Fsp3) is 0.333. The van der Waals surface area contributed by atoms with Crippen LogP contribution >= 0.6 is 0 Å². The number of amides is 1. The van der Waals surface area contributed by atoms with E-state index in [1.165, 1.54) is 7.11 Å². The Bertz CT molecular complexity index is 471. The number of methoxy groups -OCH3 is 1. The van der Waals surface area contributed by atoms with E-state index in [-0.39, 0.29) is 18.4 Å². The van der Waals surface area contributed by atoms with E-state index in [1.807, 2.05) is 25.1 Å². The number of anilines is 1. The van der Waals surface area contributed by atoms with Crippen molar-refractivity contribution >= 4 is 17.6 Å². The maximum atomic E-state index is 11.7. The zero-order chi connectivity index (χ0) is 12.4. The van der Waals surface area contributed by atoms with Crippen LogP contribution < -0.4 is 10.6 Å². The predicted octanol–water partition coefficient (Wildman–Crippen LogP) is 0.751. The monoisotopic (exact) mass is 234 g/mol. The van der Waals surface area contributed by atoms with Gasteiger partial charge in [0.2, 0.25) is 5.91 Å². The molecule has 1 heterocycles. The Morgan fingerprint density at radius 1 is 1.53 bits per heavy atom. The lowest BCUT2D eigenvalue weighted by atomic mass is 10.1. The first kappa shape index (κ1) is 11.6. The first-order chi connectivity index (χ1) is 8.11. The van der Waals surface area contributed by atoms with E-state index in [9.17, 15) is 9.59 Å². The number of ether oxygens (including phenoxy) is 1. The summed E-state index contributed by atoms with van der Waals surface area (Å²) in [6.07, 6.45) is 0. The van der Waals surface area contributed by atoms with Crippen LogP contribution in [0.3, 0.4) is 0 Å². The molecule has 5 heteroatoms. The minimum atomic E-state index is -0.482. The summed E-state index contributed by atoms with van der Waals surface area (Å²) in [6.45, 7) is 1.97. The van der Waals surface area contributed by atoms with Crippen molar-refractivity contribution < 1.29 is 14.3 Å². The molecule has 5 nitrogen and oxygen atoms in total. The molecule has 1 atom stereocenters. The number of nitrogens with one attached hydrogen (secondary N) is 2. The van der Waals surface area contributed by atoms with Crippen LogP contribution in [0.2, 0.25) is 0 Å². The van der Waals surface area contributed by atoms with Crippen molar-refractivity contribution in [2.24, 2.45) is 0 Å². The normalized spacial score (nSPS) is 17.5. The Hall–Kier alpha value is -1.88. The molecule has 0 saturated heterocycles. The molecule has 90 valence electrons. The molecule has 0 radical (unpaired) electrons. The molecule has 2 N–H and O–H groups in total. The molecule has 1 aliphatic rings. The van der Waals surface area contributed by atoms with Gasteiger partial charge < -0.3 is 10.1 Å². The zero-order valence-corrected chi connectivity index (χ0v) is 9.74. The highest BCUT2D eigenvalue weighted by molar-refractivity contribution is 6.02. The van der Waals surface area contributed by atoms with Gasteiger partial charge in [-0.25, -0.2) is 0 Å². The van der Waals surface area contributed by atoms with Crippen molar-refractivity contribution in [2.75, 3.05) is 19.0 Å². The summed E-state index contributed by atoms with van der Waals surface area (Å²) in [5.41, 5.74) is 2.74. The number of carbonyl (C=O) groups is 2. The van der Waals surface area contributed by atoms with E-state index in [0.717, 1.165) is 16.8 Å². The number of aryl methyl sites for hydroxylation is 1. The maximum Gasteiger partial charge on any atom is 0.319 e. The van der Waals surface area contributed by atoms with Crippen LogP contribution in [0.25, 0.3) is 0 Å². The standard InChI is InChI=1S/C12H14N2O3/c1-7-3-4-9-8(5-7)11(12(16)14-9)13-6-10(15)17-2/h3-5,11,13H,6H2,1-2H3,(H,14,16). The molecule has 1 aliphatic heterocycles. The van der Waals surface area contributed by atoms with Crippen molar-refractivity contribution in [3.05, 3.63) is 29.3 Å². The molecular formula is C12H14N2O3. The lowest BCUT2D eigenvalue weighted by Gasteiger charge is -2.10. The van der Waals surface area contributed by atoms with Gasteiger partial charge in [0.15, 0.2) is 0 Å². The van der Waals surface area contributed by atoms with Gasteiger partial charge in [0.1, 0.15) is 6.04 Å². The third-order valence-corrected chi connectivity index (χ3v) is 2.72. The molecule has 2 rings (SSSR count). The van der Waals surface area contributed by atoms with Gasteiger partial charge in [-0.15, -0.1) is 0 Å². The van der Waals surface area contributed by atoms with Crippen molar-refractivity contribution in [3.63, 3.8) is 0 Å². The molecule has 0 saturated carbocycles. The van der Waals surface area contributed by atoms with E-state index in [0.29, 0.717) is 0 Å². The van der Waals surface area contributed by atoms with Gasteiger partial charge in [0.05, 0.1) is 13.7 Å². The Labute approximate surface area is 99.2 Å². The second-order valence-corrected chi connectivity index (χ2v) is 3.97. The fourth-order valence-electron chi connectivity index (χ4n) is 1.84. The van der Waals surface area contributed by atoms with E-state index in [4.69, 9.17) is 0 Å². The number of carbonyl (C=O) groups excluding carboxylic acids is 2. The highest BCUT2D eigenvalue weighted by Crippen LogP contribution is 2.31. The van der Waals surface area contributed by atoms with Crippen LogP contribution in [-0.2, 0) is 14.3 Å². The molecule has 1 aromatic carbocycles. The van der Waals surface area contributed by atoms with E-state index in [2.05, 4.69) is 15.4 Å². The molecule has 1 unspecified atom stereocenters. The number of benzene rings is 1. The average molecular weight is 234 g/mol. The van der Waals surface area contributed by atoms with Gasteiger partial charge in [0, 0.05) is 11.3 Å². The third kappa shape index (κ3) is 2.29. The molecule has 1 amide bonds. The first-order valence-electron chi connectivity index (χ1n) is 5.33. The SMILES string of the molecule is COC(=O)CNC1C(=O)Nc2ccc(C)cc21. The Kier molecular flexibility index (Phi) is 3.10. The Morgan fingerprint density at radius 2 is 2.29 bits per heavy atom. The minimum absolute atomic E-state index is 0.0158. The van der Waals surface area contributed by atoms with E-state index >= 15 is 0 Å². The Morgan fingerprint density at radius 3 is 3.00 bits per heavy atom. The van der Waals surface area contributed by atoms with Crippen LogP contribution in [0.5, 0.6) is 0 Å². The number of hydrogen-bond acceptors (Lipinski definition) is 4. The number of hydrogen-bond donors (Lipinski definition) is 2. The van der Waals surface area contributed by atoms with Gasteiger partial charge in [-0.3, -0.25) is 14.9 Å². The molecular weight excluding hydrogens is 220 g/mol. The summed E-state index contributed by atoms with van der Waals surface area (Å²) in [6, 6.07) is 5.25. The largest absolute Gasteiger partial charge is 0.468 e. The lowest BCUT2D eigenvalue weighted by Crippen LogP contribution is -2.32. The van der Waals surface area contributed by atoms with Crippen molar-refractivity contribution in [3.8, 4) is 0 Å². The van der Waals surface area contributed by atoms with Gasteiger partial charge >= 0.3 is 5.97 Å². The highest BCUT2D eigenvalue weighted by Gasteiger charge is 2.30. The maximum absolute atomic E-state index is 11.7. The van der Waals surface area contributed by atoms with Gasteiger partial charge in [-0.2, -0.15) is 0 Å². The highest BCUT2D eigenvalue weighted by atomic mass is 16.5. The second kappa shape index (κ2) is 4.55. The minimum Gasteiger partial charge on any atom is -0.468 e. The van der Waals surface area contributed by atoms with Crippen LogP contribution in [0.15, 0.2) is 18.2 Å². The van der Waals surface area contributed by atoms with E-state index in [1.54, 1.807) is 0 Å². The average Bonchev–Trinajstić information content (AvgIpc) is 2.61. The summed E-state index contributed by atoms with van der Waals surface area (Å²) < 4.78 is 4.52. The second-order valence-electron chi connectivity index (χ2n) is 3.97. The van der Waals surface area contributed by atoms with Gasteiger partial charge in [-0.1, -0.05) is 17.7 Å². The summed E-state index contributed by atoms with van der Waals surface area (Å²) >= 11 is 0. The summed E-state index contributed by atoms with van der Waals surface area (Å²) in [7, 11) is 1.32. The van der Waals surface area contributed by atoms with Gasteiger partial charge in [-0.05, 0) is 13.0 Å². The number of esters is 1. The van der Waals surface area contributed by atoms with Crippen LogP contribution in [0.4, 0.5) is 5.69 Å². The quantitative estimate of drug-likeness (QED) is 0.757. The third-order valence-electron chi connectivity index (χ3n) is 2.72. The van der Waals surface area contributed by atoms with Gasteiger partial charge in [0.25, 0.3) is 0 Å². The smallest absolute Gasteiger partial charge is 0.319 e. The summed E-state index contributed by atoms with van der Waals surface area (Å²) in [4.78, 5) is 22.8. The fourth-order valence-corrected chi connectivity index (χ4v) is 1.84. The van der Waals surface area contributed by atoms with Crippen molar-refractivity contribution in [1.29, 1.82) is 0 Å². The molecule has 0 spiro atoms. The van der Waals surface area contributed by atoms with Crippen LogP contribution in [0.1, 0.15) is 17.2 Å². The molecule has 0 fully saturated rings. The first-order valence-corrected chi connectivity index (χ1v) is 5.33. The summed E-state index contributed by atoms with van der Waals surface area (Å²) in [5.74, 6) is -0.534. The molecule has 0 aliphatic carbocycles. The summed E-state index contributed by atoms with van der Waals surface area (Å²) in [5, 5.41) is 5.64. The predicted molar refractivity (Wildman–Crippen MR) is 62.6 cm³/mol. The van der Waals surface area contributed by atoms with Crippen molar-refractivity contribution in [1.82, 2.24) is 5.32 Å². The molecule has 0 bridgehead atoms. The van der Waals surface area contributed by atoms with Crippen LogP contribution in [0, 0.1) is 6.92 Å². The topological polar surface area (TPSA) is 67.4 Å². The van der Waals surface area contributed by atoms with E-state index < -0.39 is 6.04 Å². The molecule has 17 heavy (non-hydrogen) atoms. The Balaban J connectivity index is 2.16. The number of fused-ring (bicyclic) bond motifs is 1. The molecule has 0 aromatic heterocycles. The lowest BCUT2D eigenvalue weighted by molar-refractivity contribution is -0.139. The molecule has 1 aromatic rings. The van der Waals surface area contributed by atoms with Crippen LogP contribution in [-0.4, -0.2) is 25.5 Å².